The predicted molar refractivity (Wildman–Crippen MR) is 58.6 cm³/mol. The van der Waals surface area contributed by atoms with E-state index < -0.39 is 23.0 Å². The summed E-state index contributed by atoms with van der Waals surface area (Å²) in [4.78, 5) is 11.0. The fraction of sp³-hybridized carbons (Fsp3) is 0.417. The molecule has 98 valence electrons. The van der Waals surface area contributed by atoms with Crippen LogP contribution in [0.3, 0.4) is 0 Å². The van der Waals surface area contributed by atoms with Crippen LogP contribution >= 0.6 is 0 Å². The Kier molecular flexibility index (Phi) is 3.11. The van der Waals surface area contributed by atoms with E-state index in [1.165, 1.54) is 0 Å². The zero-order valence-corrected chi connectivity index (χ0v) is 9.70. The van der Waals surface area contributed by atoms with Crippen molar-refractivity contribution in [3.05, 3.63) is 23.3 Å². The van der Waals surface area contributed by atoms with E-state index in [4.69, 9.17) is 14.6 Å². The molecule has 1 aliphatic rings. The van der Waals surface area contributed by atoms with Crippen molar-refractivity contribution < 1.29 is 28.2 Å². The van der Waals surface area contributed by atoms with Crippen LogP contribution in [0.4, 0.5) is 8.78 Å². The minimum atomic E-state index is -3.25. The first-order valence-corrected chi connectivity index (χ1v) is 5.45. The van der Waals surface area contributed by atoms with Gasteiger partial charge in [-0.25, -0.2) is 13.6 Å². The van der Waals surface area contributed by atoms with Crippen LogP contribution < -0.4 is 9.47 Å². The Morgan fingerprint density at radius 3 is 2.33 bits per heavy atom. The summed E-state index contributed by atoms with van der Waals surface area (Å²) in [7, 11) is 0. The van der Waals surface area contributed by atoms with Crippen LogP contribution in [0, 0.1) is 0 Å². The molecule has 0 aromatic heterocycles. The van der Waals surface area contributed by atoms with Crippen molar-refractivity contribution in [3.63, 3.8) is 0 Å². The van der Waals surface area contributed by atoms with Crippen LogP contribution in [0.2, 0.25) is 0 Å². The summed E-state index contributed by atoms with van der Waals surface area (Å²) in [6.45, 7) is 1.38. The second-order valence-corrected chi connectivity index (χ2v) is 4.09. The average molecular weight is 258 g/mol. The zero-order chi connectivity index (χ0) is 13.3. The number of carbonyl (C=O) groups is 1. The van der Waals surface area contributed by atoms with Gasteiger partial charge in [0.2, 0.25) is 0 Å². The van der Waals surface area contributed by atoms with E-state index in [0.717, 1.165) is 12.1 Å². The first-order valence-electron chi connectivity index (χ1n) is 5.45. The van der Waals surface area contributed by atoms with E-state index in [0.29, 0.717) is 26.6 Å². The molecule has 0 saturated heterocycles. The van der Waals surface area contributed by atoms with Gasteiger partial charge in [0.1, 0.15) is 0 Å². The first kappa shape index (κ1) is 12.6. The van der Waals surface area contributed by atoms with Gasteiger partial charge in [-0.3, -0.25) is 0 Å². The fourth-order valence-corrected chi connectivity index (χ4v) is 1.75. The molecule has 0 fully saturated rings. The van der Waals surface area contributed by atoms with Crippen LogP contribution in [-0.2, 0) is 5.92 Å². The lowest BCUT2D eigenvalue weighted by Crippen LogP contribution is -2.14. The molecule has 18 heavy (non-hydrogen) atoms. The quantitative estimate of drug-likeness (QED) is 0.886. The molecule has 0 saturated carbocycles. The summed E-state index contributed by atoms with van der Waals surface area (Å²) in [5.74, 6) is -4.31. The third-order valence-corrected chi connectivity index (χ3v) is 2.59. The fourth-order valence-electron chi connectivity index (χ4n) is 1.75. The third-order valence-electron chi connectivity index (χ3n) is 2.59. The molecule has 1 heterocycles. The summed E-state index contributed by atoms with van der Waals surface area (Å²) in [5, 5.41) is 8.97. The van der Waals surface area contributed by atoms with Gasteiger partial charge in [-0.1, -0.05) is 0 Å². The largest absolute Gasteiger partial charge is 0.490 e. The van der Waals surface area contributed by atoms with Gasteiger partial charge in [-0.2, -0.15) is 0 Å². The Labute approximate surface area is 102 Å². The standard InChI is InChI=1S/C12H12F2O4/c1-12(13,14)8-6-10-9(5-7(8)11(15)16)17-3-2-4-18-10/h5-6H,2-4H2,1H3,(H,15,16). The second-order valence-electron chi connectivity index (χ2n) is 4.09. The molecule has 2 rings (SSSR count). The van der Waals surface area contributed by atoms with Gasteiger partial charge in [0.05, 0.1) is 18.8 Å². The van der Waals surface area contributed by atoms with Crippen molar-refractivity contribution in [1.82, 2.24) is 0 Å². The highest BCUT2D eigenvalue weighted by atomic mass is 19.3. The number of hydrogen-bond donors (Lipinski definition) is 1. The van der Waals surface area contributed by atoms with Crippen LogP contribution in [-0.4, -0.2) is 24.3 Å². The maximum Gasteiger partial charge on any atom is 0.336 e. The van der Waals surface area contributed by atoms with Crippen molar-refractivity contribution in [3.8, 4) is 11.5 Å². The van der Waals surface area contributed by atoms with Crippen LogP contribution in [0.1, 0.15) is 29.3 Å². The molecule has 0 atom stereocenters. The number of benzene rings is 1. The number of carboxylic acid groups (broad SMARTS) is 1. The second kappa shape index (κ2) is 4.44. The van der Waals surface area contributed by atoms with Gasteiger partial charge in [0, 0.05) is 18.9 Å². The molecule has 1 aromatic rings. The lowest BCUT2D eigenvalue weighted by atomic mass is 10.0. The Balaban J connectivity index is 2.58. The van der Waals surface area contributed by atoms with E-state index in [2.05, 4.69) is 0 Å². The van der Waals surface area contributed by atoms with Crippen molar-refractivity contribution in [1.29, 1.82) is 0 Å². The summed E-state index contributed by atoms with van der Waals surface area (Å²) in [6.07, 6.45) is 0.620. The Bertz CT molecular complexity index is 480. The van der Waals surface area contributed by atoms with Crippen molar-refractivity contribution >= 4 is 5.97 Å². The van der Waals surface area contributed by atoms with E-state index in [-0.39, 0.29) is 11.5 Å². The molecular formula is C12H12F2O4. The molecule has 1 aromatic carbocycles. The molecule has 0 amide bonds. The molecule has 1 N–H and O–H groups in total. The number of alkyl halides is 2. The topological polar surface area (TPSA) is 55.8 Å². The predicted octanol–water partition coefficient (Wildman–Crippen LogP) is 2.66. The molecule has 1 aliphatic heterocycles. The normalized spacial score (nSPS) is 15.1. The molecule has 0 bridgehead atoms. The maximum atomic E-state index is 13.4. The SMILES string of the molecule is CC(F)(F)c1cc2c(cc1C(=O)O)OCCCO2. The van der Waals surface area contributed by atoms with Gasteiger partial charge in [-0.15, -0.1) is 0 Å². The zero-order valence-electron chi connectivity index (χ0n) is 9.70. The highest BCUT2D eigenvalue weighted by Gasteiger charge is 2.32. The number of aromatic carboxylic acids is 1. The Morgan fingerprint density at radius 2 is 1.83 bits per heavy atom. The van der Waals surface area contributed by atoms with Crippen molar-refractivity contribution in [2.75, 3.05) is 13.2 Å². The summed E-state index contributed by atoms with van der Waals surface area (Å²) in [6, 6.07) is 2.14. The van der Waals surface area contributed by atoms with Crippen LogP contribution in [0.15, 0.2) is 12.1 Å². The molecule has 6 heteroatoms. The summed E-state index contributed by atoms with van der Waals surface area (Å²) in [5.41, 5.74) is -1.04. The summed E-state index contributed by atoms with van der Waals surface area (Å²) >= 11 is 0. The monoisotopic (exact) mass is 258 g/mol. The number of carboxylic acids is 1. The van der Waals surface area contributed by atoms with Crippen molar-refractivity contribution in [2.24, 2.45) is 0 Å². The molecule has 0 aliphatic carbocycles. The van der Waals surface area contributed by atoms with Gasteiger partial charge >= 0.3 is 5.97 Å². The van der Waals surface area contributed by atoms with Gasteiger partial charge in [-0.05, 0) is 12.1 Å². The number of ether oxygens (including phenoxy) is 2. The molecular weight excluding hydrogens is 246 g/mol. The van der Waals surface area contributed by atoms with E-state index in [1.807, 2.05) is 0 Å². The van der Waals surface area contributed by atoms with Crippen LogP contribution in [0.25, 0.3) is 0 Å². The van der Waals surface area contributed by atoms with Crippen molar-refractivity contribution in [2.45, 2.75) is 19.3 Å². The Morgan fingerprint density at radius 1 is 1.28 bits per heavy atom. The number of fused-ring (bicyclic) bond motifs is 1. The highest BCUT2D eigenvalue weighted by molar-refractivity contribution is 5.90. The van der Waals surface area contributed by atoms with Gasteiger partial charge in [0.25, 0.3) is 5.92 Å². The molecule has 0 radical (unpaired) electrons. The smallest absolute Gasteiger partial charge is 0.336 e. The molecule has 4 nitrogen and oxygen atoms in total. The number of halogens is 2. The van der Waals surface area contributed by atoms with E-state index in [9.17, 15) is 13.6 Å². The van der Waals surface area contributed by atoms with E-state index in [1.54, 1.807) is 0 Å². The molecule has 0 unspecified atom stereocenters. The van der Waals surface area contributed by atoms with Crippen LogP contribution in [0.5, 0.6) is 11.5 Å². The minimum absolute atomic E-state index is 0.161. The number of hydrogen-bond acceptors (Lipinski definition) is 3. The number of rotatable bonds is 2. The minimum Gasteiger partial charge on any atom is -0.490 e. The lowest BCUT2D eigenvalue weighted by molar-refractivity contribution is 0.0150. The van der Waals surface area contributed by atoms with E-state index >= 15 is 0 Å². The van der Waals surface area contributed by atoms with Gasteiger partial charge < -0.3 is 14.6 Å². The third kappa shape index (κ3) is 2.37. The molecule has 0 spiro atoms. The Hall–Kier alpha value is -1.85. The van der Waals surface area contributed by atoms with Gasteiger partial charge in [0.15, 0.2) is 11.5 Å². The highest BCUT2D eigenvalue weighted by Crippen LogP contribution is 2.39. The average Bonchev–Trinajstić information content (AvgIpc) is 2.50. The summed E-state index contributed by atoms with van der Waals surface area (Å²) < 4.78 is 37.3. The first-order chi connectivity index (χ1) is 8.39. The maximum absolute atomic E-state index is 13.4. The lowest BCUT2D eigenvalue weighted by Gasteiger charge is -2.16.